The molecule has 0 heterocycles. The molecule has 2 aromatic rings. The van der Waals surface area contributed by atoms with E-state index in [9.17, 15) is 0 Å². The molecule has 0 aromatic heterocycles. The molecule has 0 saturated carbocycles. The predicted molar refractivity (Wildman–Crippen MR) is 97.3 cm³/mol. The second kappa shape index (κ2) is 11.0. The van der Waals surface area contributed by atoms with E-state index in [1.165, 1.54) is 11.1 Å². The van der Waals surface area contributed by atoms with Crippen LogP contribution in [0.1, 0.15) is 25.0 Å². The molecule has 0 bridgehead atoms. The predicted octanol–water partition coefficient (Wildman–Crippen LogP) is 3.67. The van der Waals surface area contributed by atoms with Crippen molar-refractivity contribution in [3.8, 4) is 0 Å². The maximum atomic E-state index is 3.21. The molecule has 0 fully saturated rings. The van der Waals surface area contributed by atoms with E-state index in [-0.39, 0.29) is 0 Å². The number of benzene rings is 2. The first-order valence-electron chi connectivity index (χ1n) is 8.08. The van der Waals surface area contributed by atoms with Gasteiger partial charge in [0.15, 0.2) is 0 Å². The topological polar surface area (TPSA) is 24.1 Å². The summed E-state index contributed by atoms with van der Waals surface area (Å²) >= 11 is 0. The summed E-state index contributed by atoms with van der Waals surface area (Å²) in [5.74, 6) is 0. The summed E-state index contributed by atoms with van der Waals surface area (Å²) in [5, 5.41) is 6.43. The van der Waals surface area contributed by atoms with Crippen molar-refractivity contribution in [1.29, 1.82) is 0 Å². The Labute approximate surface area is 136 Å². The number of likely N-dealkylation sites (N-methyl/N-ethyl adjacent to an activating group) is 2. The molecule has 120 valence electrons. The molecule has 2 unspecified atom stereocenters. The van der Waals surface area contributed by atoms with Gasteiger partial charge in [0.05, 0.1) is 0 Å². The van der Waals surface area contributed by atoms with Crippen molar-refractivity contribution < 1.29 is 0 Å². The molecular formula is C20H30N2. The molecule has 2 rings (SSSR count). The van der Waals surface area contributed by atoms with Gasteiger partial charge in [0.2, 0.25) is 0 Å². The van der Waals surface area contributed by atoms with Crippen molar-refractivity contribution in [2.75, 3.05) is 14.1 Å². The molecule has 0 aliphatic heterocycles. The molecule has 0 aliphatic carbocycles. The highest BCUT2D eigenvalue weighted by molar-refractivity contribution is 5.16. The molecule has 0 saturated heterocycles. The Hall–Kier alpha value is -1.64. The van der Waals surface area contributed by atoms with E-state index in [0.29, 0.717) is 12.1 Å². The van der Waals surface area contributed by atoms with Crippen LogP contribution in [0.25, 0.3) is 0 Å². The zero-order valence-electron chi connectivity index (χ0n) is 14.3. The molecule has 2 heteroatoms. The third-order valence-corrected chi connectivity index (χ3v) is 3.76. The van der Waals surface area contributed by atoms with Crippen LogP contribution in [0, 0.1) is 0 Å². The van der Waals surface area contributed by atoms with Crippen molar-refractivity contribution in [1.82, 2.24) is 10.6 Å². The first-order chi connectivity index (χ1) is 10.7. The first-order valence-corrected chi connectivity index (χ1v) is 8.08. The summed E-state index contributed by atoms with van der Waals surface area (Å²) in [4.78, 5) is 0. The van der Waals surface area contributed by atoms with Crippen LogP contribution in [0.4, 0.5) is 0 Å². The maximum absolute atomic E-state index is 3.21. The minimum absolute atomic E-state index is 0.567. The molecule has 2 nitrogen and oxygen atoms in total. The fourth-order valence-corrected chi connectivity index (χ4v) is 2.14. The van der Waals surface area contributed by atoms with Gasteiger partial charge in [-0.2, -0.15) is 0 Å². The fourth-order valence-electron chi connectivity index (χ4n) is 2.14. The summed E-state index contributed by atoms with van der Waals surface area (Å²) in [6.07, 6.45) is 2.22. The highest BCUT2D eigenvalue weighted by Crippen LogP contribution is 2.02. The lowest BCUT2D eigenvalue weighted by Crippen LogP contribution is -2.23. The Morgan fingerprint density at radius 1 is 0.636 bits per heavy atom. The first kappa shape index (κ1) is 18.4. The third-order valence-electron chi connectivity index (χ3n) is 3.76. The van der Waals surface area contributed by atoms with E-state index in [1.54, 1.807) is 0 Å². The average Bonchev–Trinajstić information content (AvgIpc) is 2.57. The second-order valence-electron chi connectivity index (χ2n) is 5.76. The Morgan fingerprint density at radius 3 is 1.23 bits per heavy atom. The van der Waals surface area contributed by atoms with Crippen LogP contribution in [0.2, 0.25) is 0 Å². The van der Waals surface area contributed by atoms with Crippen LogP contribution in [0.15, 0.2) is 60.7 Å². The van der Waals surface area contributed by atoms with Crippen molar-refractivity contribution >= 4 is 0 Å². The summed E-state index contributed by atoms with van der Waals surface area (Å²) in [5.41, 5.74) is 2.80. The number of hydrogen-bond donors (Lipinski definition) is 2. The number of rotatable bonds is 6. The van der Waals surface area contributed by atoms with Gasteiger partial charge < -0.3 is 10.6 Å². The van der Waals surface area contributed by atoms with Crippen LogP contribution < -0.4 is 10.6 Å². The number of nitrogens with one attached hydrogen (secondary N) is 2. The van der Waals surface area contributed by atoms with Gasteiger partial charge in [-0.1, -0.05) is 60.7 Å². The summed E-state index contributed by atoms with van der Waals surface area (Å²) < 4.78 is 0. The SMILES string of the molecule is CNC(C)Cc1ccccc1.CNC(C)Cc1ccccc1. The van der Waals surface area contributed by atoms with Gasteiger partial charge in [0.1, 0.15) is 0 Å². The minimum atomic E-state index is 0.567. The van der Waals surface area contributed by atoms with Gasteiger partial charge in [-0.25, -0.2) is 0 Å². The average molecular weight is 298 g/mol. The Bertz CT molecular complexity index is 434. The van der Waals surface area contributed by atoms with Gasteiger partial charge in [-0.3, -0.25) is 0 Å². The van der Waals surface area contributed by atoms with Crippen LogP contribution >= 0.6 is 0 Å². The zero-order valence-corrected chi connectivity index (χ0v) is 14.3. The standard InChI is InChI=1S/2C10H15N/c2*1-9(11-2)8-10-6-4-3-5-7-10/h2*3-7,9,11H,8H2,1-2H3. The van der Waals surface area contributed by atoms with Gasteiger partial charge in [0, 0.05) is 12.1 Å². The zero-order chi connectivity index (χ0) is 16.2. The quantitative estimate of drug-likeness (QED) is 0.850. The highest BCUT2D eigenvalue weighted by Gasteiger charge is 1.98. The van der Waals surface area contributed by atoms with Crippen LogP contribution in [0.3, 0.4) is 0 Å². The van der Waals surface area contributed by atoms with Crippen LogP contribution in [0.5, 0.6) is 0 Å². The second-order valence-corrected chi connectivity index (χ2v) is 5.76. The molecular weight excluding hydrogens is 268 g/mol. The largest absolute Gasteiger partial charge is 0.317 e. The van der Waals surface area contributed by atoms with Crippen molar-refractivity contribution in [3.05, 3.63) is 71.8 Å². The van der Waals surface area contributed by atoms with E-state index in [1.807, 2.05) is 26.2 Å². The number of hydrogen-bond acceptors (Lipinski definition) is 2. The molecule has 0 spiro atoms. The van der Waals surface area contributed by atoms with Crippen molar-refractivity contribution in [2.24, 2.45) is 0 Å². The Balaban J connectivity index is 0.000000220. The lowest BCUT2D eigenvalue weighted by Gasteiger charge is -2.08. The third kappa shape index (κ3) is 7.96. The lowest BCUT2D eigenvalue weighted by molar-refractivity contribution is 0.608. The van der Waals surface area contributed by atoms with Gasteiger partial charge in [-0.15, -0.1) is 0 Å². The van der Waals surface area contributed by atoms with Gasteiger partial charge in [0.25, 0.3) is 0 Å². The summed E-state index contributed by atoms with van der Waals surface area (Å²) in [6, 6.07) is 22.2. The normalized spacial score (nSPS) is 12.9. The highest BCUT2D eigenvalue weighted by atomic mass is 14.8. The lowest BCUT2D eigenvalue weighted by atomic mass is 10.1. The molecule has 2 atom stereocenters. The van der Waals surface area contributed by atoms with Crippen LogP contribution in [-0.2, 0) is 12.8 Å². The van der Waals surface area contributed by atoms with E-state index >= 15 is 0 Å². The molecule has 0 aliphatic rings. The van der Waals surface area contributed by atoms with E-state index in [0.717, 1.165) is 12.8 Å². The maximum Gasteiger partial charge on any atom is 0.00761 e. The molecule has 0 radical (unpaired) electrons. The van der Waals surface area contributed by atoms with E-state index < -0.39 is 0 Å². The summed E-state index contributed by atoms with van der Waals surface area (Å²) in [7, 11) is 3.99. The Kier molecular flexibility index (Phi) is 9.20. The van der Waals surface area contributed by atoms with Gasteiger partial charge >= 0.3 is 0 Å². The monoisotopic (exact) mass is 298 g/mol. The van der Waals surface area contributed by atoms with Crippen molar-refractivity contribution in [2.45, 2.75) is 38.8 Å². The fraction of sp³-hybridized carbons (Fsp3) is 0.400. The van der Waals surface area contributed by atoms with E-state index in [2.05, 4.69) is 73.0 Å². The molecule has 2 N–H and O–H groups in total. The smallest absolute Gasteiger partial charge is 0.00761 e. The molecule has 0 amide bonds. The van der Waals surface area contributed by atoms with Crippen molar-refractivity contribution in [3.63, 3.8) is 0 Å². The van der Waals surface area contributed by atoms with Crippen LogP contribution in [-0.4, -0.2) is 26.2 Å². The Morgan fingerprint density at radius 2 is 0.955 bits per heavy atom. The summed E-state index contributed by atoms with van der Waals surface area (Å²) in [6.45, 7) is 4.38. The minimum Gasteiger partial charge on any atom is -0.317 e. The van der Waals surface area contributed by atoms with E-state index in [4.69, 9.17) is 0 Å². The molecule has 22 heavy (non-hydrogen) atoms. The molecule has 2 aromatic carbocycles. The van der Waals surface area contributed by atoms with Gasteiger partial charge in [-0.05, 0) is 51.9 Å².